The molecular weight excluding hydrogens is 246 g/mol. The van der Waals surface area contributed by atoms with Crippen molar-refractivity contribution < 1.29 is 18.9 Å². The highest BCUT2D eigenvalue weighted by Gasteiger charge is 2.13. The molecule has 116 valence electrons. The molecule has 19 heavy (non-hydrogen) atoms. The number of hydrogen-bond donors (Lipinski definition) is 1. The Morgan fingerprint density at radius 2 is 1.16 bits per heavy atom. The Hall–Kier alpha value is -0.200. The maximum absolute atomic E-state index is 5.60. The third-order valence-electron chi connectivity index (χ3n) is 2.52. The first kappa shape index (κ1) is 18.8. The summed E-state index contributed by atoms with van der Waals surface area (Å²) < 4.78 is 21.8. The molecule has 0 heterocycles. The van der Waals surface area contributed by atoms with Gasteiger partial charge in [-0.3, -0.25) is 5.32 Å². The molecule has 2 atom stereocenters. The van der Waals surface area contributed by atoms with E-state index in [9.17, 15) is 0 Å². The van der Waals surface area contributed by atoms with Crippen molar-refractivity contribution in [2.45, 2.75) is 65.8 Å². The van der Waals surface area contributed by atoms with Gasteiger partial charge in [0.1, 0.15) is 26.0 Å². The minimum absolute atomic E-state index is 0.0482. The third-order valence-corrected chi connectivity index (χ3v) is 2.52. The molecular formula is C14H31NO4. The van der Waals surface area contributed by atoms with Gasteiger partial charge < -0.3 is 18.9 Å². The van der Waals surface area contributed by atoms with Gasteiger partial charge >= 0.3 is 0 Å². The van der Waals surface area contributed by atoms with E-state index in [4.69, 9.17) is 18.9 Å². The van der Waals surface area contributed by atoms with Crippen LogP contribution in [0.4, 0.5) is 0 Å². The molecule has 1 N–H and O–H groups in total. The molecule has 0 saturated carbocycles. The molecule has 0 amide bonds. The predicted octanol–water partition coefficient (Wildman–Crippen LogP) is 2.85. The van der Waals surface area contributed by atoms with Crippen molar-refractivity contribution >= 4 is 0 Å². The normalized spacial score (nSPS) is 14.5. The van der Waals surface area contributed by atoms with Gasteiger partial charge in [0.15, 0.2) is 0 Å². The first-order valence-corrected chi connectivity index (χ1v) is 7.43. The van der Waals surface area contributed by atoms with Crippen LogP contribution in [0.5, 0.6) is 0 Å². The maximum atomic E-state index is 5.60. The fourth-order valence-electron chi connectivity index (χ4n) is 1.44. The first-order chi connectivity index (χ1) is 9.28. The molecule has 5 nitrogen and oxygen atoms in total. The first-order valence-electron chi connectivity index (χ1n) is 7.43. The van der Waals surface area contributed by atoms with Gasteiger partial charge in [0, 0.05) is 13.2 Å². The van der Waals surface area contributed by atoms with Crippen molar-refractivity contribution in [3.63, 3.8) is 0 Å². The highest BCUT2D eigenvalue weighted by Crippen LogP contribution is 2.01. The number of nitrogens with one attached hydrogen (secondary N) is 1. The van der Waals surface area contributed by atoms with Crippen LogP contribution in [0.1, 0.15) is 53.4 Å². The molecule has 0 aliphatic heterocycles. The average Bonchev–Trinajstić information content (AvgIpc) is 2.44. The molecule has 0 fully saturated rings. The molecule has 0 aliphatic carbocycles. The summed E-state index contributed by atoms with van der Waals surface area (Å²) >= 11 is 0. The van der Waals surface area contributed by atoms with E-state index in [1.807, 2.05) is 0 Å². The van der Waals surface area contributed by atoms with Gasteiger partial charge in [-0.05, 0) is 25.7 Å². The Balaban J connectivity index is 3.76. The molecule has 5 heteroatoms. The van der Waals surface area contributed by atoms with E-state index >= 15 is 0 Å². The number of ether oxygens (including phenoxy) is 4. The van der Waals surface area contributed by atoms with Crippen molar-refractivity contribution in [1.29, 1.82) is 0 Å². The monoisotopic (exact) mass is 277 g/mol. The summed E-state index contributed by atoms with van der Waals surface area (Å²) in [5.41, 5.74) is 0. The van der Waals surface area contributed by atoms with Crippen LogP contribution in [0.15, 0.2) is 0 Å². The second-order valence-electron chi connectivity index (χ2n) is 4.35. The van der Waals surface area contributed by atoms with E-state index in [0.29, 0.717) is 13.6 Å². The minimum Gasteiger partial charge on any atom is -0.355 e. The van der Waals surface area contributed by atoms with Crippen LogP contribution in [0.3, 0.4) is 0 Å². The van der Waals surface area contributed by atoms with Crippen LogP contribution in [0.2, 0.25) is 0 Å². The largest absolute Gasteiger partial charge is 0.355 e. The van der Waals surface area contributed by atoms with Crippen molar-refractivity contribution in [3.05, 3.63) is 0 Å². The van der Waals surface area contributed by atoms with Gasteiger partial charge in [-0.25, -0.2) is 0 Å². The molecule has 0 bridgehead atoms. The molecule has 0 aromatic carbocycles. The minimum atomic E-state index is -0.0482. The van der Waals surface area contributed by atoms with Crippen molar-refractivity contribution in [3.8, 4) is 0 Å². The number of rotatable bonds is 14. The van der Waals surface area contributed by atoms with Gasteiger partial charge in [-0.2, -0.15) is 0 Å². The third kappa shape index (κ3) is 11.3. The molecule has 0 aliphatic rings. The van der Waals surface area contributed by atoms with Crippen molar-refractivity contribution in [2.24, 2.45) is 0 Å². The van der Waals surface area contributed by atoms with E-state index in [2.05, 4.69) is 33.0 Å². The topological polar surface area (TPSA) is 49.0 Å². The van der Waals surface area contributed by atoms with Crippen LogP contribution in [-0.4, -0.2) is 39.3 Å². The summed E-state index contributed by atoms with van der Waals surface area (Å²) in [7, 11) is 0. The second-order valence-corrected chi connectivity index (χ2v) is 4.35. The van der Waals surface area contributed by atoms with E-state index in [-0.39, 0.29) is 12.5 Å². The summed E-state index contributed by atoms with van der Waals surface area (Å²) in [6, 6.07) is 0. The zero-order chi connectivity index (χ0) is 14.3. The van der Waals surface area contributed by atoms with Crippen LogP contribution < -0.4 is 5.32 Å². The molecule has 0 spiro atoms. The summed E-state index contributed by atoms with van der Waals surface area (Å²) in [4.78, 5) is 0. The Labute approximate surface area is 117 Å². The standard InChI is InChI=1S/C14H31NO4/c1-5-9-16-11-18-13(7-3)15-14(8-4)19-12-17-10-6-2/h13-15H,5-12H2,1-4H3. The van der Waals surface area contributed by atoms with Gasteiger partial charge in [-0.15, -0.1) is 0 Å². The average molecular weight is 277 g/mol. The Morgan fingerprint density at radius 3 is 1.47 bits per heavy atom. The van der Waals surface area contributed by atoms with Gasteiger partial charge in [-0.1, -0.05) is 27.7 Å². The summed E-state index contributed by atoms with van der Waals surface area (Å²) in [5, 5.41) is 3.30. The van der Waals surface area contributed by atoms with E-state index in [0.717, 1.165) is 38.9 Å². The van der Waals surface area contributed by atoms with Crippen molar-refractivity contribution in [1.82, 2.24) is 5.32 Å². The highest BCUT2D eigenvalue weighted by molar-refractivity contribution is 4.57. The fourth-order valence-corrected chi connectivity index (χ4v) is 1.44. The number of hydrogen-bond acceptors (Lipinski definition) is 5. The van der Waals surface area contributed by atoms with Crippen LogP contribution in [0.25, 0.3) is 0 Å². The summed E-state index contributed by atoms with van der Waals surface area (Å²) in [6.07, 6.45) is 3.64. The summed E-state index contributed by atoms with van der Waals surface area (Å²) in [6.45, 7) is 10.4. The zero-order valence-electron chi connectivity index (χ0n) is 12.9. The maximum Gasteiger partial charge on any atom is 0.148 e. The lowest BCUT2D eigenvalue weighted by molar-refractivity contribution is -0.144. The van der Waals surface area contributed by atoms with Crippen LogP contribution in [-0.2, 0) is 18.9 Å². The van der Waals surface area contributed by atoms with Gasteiger partial charge in [0.25, 0.3) is 0 Å². The SMILES string of the molecule is CCCOCOC(CC)NC(CC)OCOCCC. The smallest absolute Gasteiger partial charge is 0.148 e. The quantitative estimate of drug-likeness (QED) is 0.391. The molecule has 0 radical (unpaired) electrons. The lowest BCUT2D eigenvalue weighted by atomic mass is 10.3. The molecule has 0 rings (SSSR count). The van der Waals surface area contributed by atoms with E-state index < -0.39 is 0 Å². The molecule has 2 unspecified atom stereocenters. The second kappa shape index (κ2) is 14.2. The fraction of sp³-hybridized carbons (Fsp3) is 1.00. The molecule has 0 saturated heterocycles. The molecule has 0 aromatic heterocycles. The predicted molar refractivity (Wildman–Crippen MR) is 75.7 cm³/mol. The highest BCUT2D eigenvalue weighted by atomic mass is 16.7. The summed E-state index contributed by atoms with van der Waals surface area (Å²) in [5.74, 6) is 0. The Morgan fingerprint density at radius 1 is 0.737 bits per heavy atom. The van der Waals surface area contributed by atoms with E-state index in [1.165, 1.54) is 0 Å². The lowest BCUT2D eigenvalue weighted by Gasteiger charge is -2.24. The van der Waals surface area contributed by atoms with Gasteiger partial charge in [0.2, 0.25) is 0 Å². The Bertz CT molecular complexity index is 163. The van der Waals surface area contributed by atoms with Crippen LogP contribution >= 0.6 is 0 Å². The van der Waals surface area contributed by atoms with E-state index in [1.54, 1.807) is 0 Å². The van der Waals surface area contributed by atoms with Gasteiger partial charge in [0.05, 0.1) is 0 Å². The molecule has 0 aromatic rings. The zero-order valence-corrected chi connectivity index (χ0v) is 12.9. The van der Waals surface area contributed by atoms with Crippen LogP contribution in [0, 0.1) is 0 Å². The van der Waals surface area contributed by atoms with Crippen molar-refractivity contribution in [2.75, 3.05) is 26.8 Å². The lowest BCUT2D eigenvalue weighted by Crippen LogP contribution is -2.41. The Kier molecular flexibility index (Phi) is 14.1.